The van der Waals surface area contributed by atoms with E-state index in [1.54, 1.807) is 23.7 Å². The van der Waals surface area contributed by atoms with Gasteiger partial charge in [-0.15, -0.1) is 0 Å². The normalized spacial score (nSPS) is 10.6. The van der Waals surface area contributed by atoms with Gasteiger partial charge in [-0.25, -0.2) is 4.68 Å². The van der Waals surface area contributed by atoms with Crippen LogP contribution in [0.1, 0.15) is 21.5 Å². The fourth-order valence-electron chi connectivity index (χ4n) is 3.32. The van der Waals surface area contributed by atoms with Gasteiger partial charge >= 0.3 is 0 Å². The first-order valence-corrected chi connectivity index (χ1v) is 9.75. The summed E-state index contributed by atoms with van der Waals surface area (Å²) in [5, 5.41) is 18.8. The second-order valence-corrected chi connectivity index (χ2v) is 7.09. The van der Waals surface area contributed by atoms with Gasteiger partial charge in [0.15, 0.2) is 0 Å². The minimum Gasteiger partial charge on any atom is -0.348 e. The highest BCUT2D eigenvalue weighted by Crippen LogP contribution is 2.24. The van der Waals surface area contributed by atoms with E-state index >= 15 is 0 Å². The quantitative estimate of drug-likeness (QED) is 0.368. The molecule has 0 radical (unpaired) electrons. The lowest BCUT2D eigenvalue weighted by Gasteiger charge is -2.06. The summed E-state index contributed by atoms with van der Waals surface area (Å²) in [6.45, 7) is 1.88. The zero-order valence-electron chi connectivity index (χ0n) is 16.9. The predicted octanol–water partition coefficient (Wildman–Crippen LogP) is 4.69. The van der Waals surface area contributed by atoms with Gasteiger partial charge in [0.2, 0.25) is 0 Å². The zero-order chi connectivity index (χ0) is 21.8. The Morgan fingerprint density at radius 3 is 2.39 bits per heavy atom. The maximum atomic E-state index is 12.7. The Bertz CT molecular complexity index is 1230. The molecule has 3 aromatic carbocycles. The number of nitro groups is 1. The van der Waals surface area contributed by atoms with Gasteiger partial charge < -0.3 is 5.32 Å². The SMILES string of the molecule is Cc1ccc(C(=O)NCc2cn(-c3ccccc3)nc2-c2ccccc2)cc1[N+](=O)[O-]. The molecule has 7 heteroatoms. The fourth-order valence-corrected chi connectivity index (χ4v) is 3.32. The predicted molar refractivity (Wildman–Crippen MR) is 118 cm³/mol. The van der Waals surface area contributed by atoms with E-state index in [1.165, 1.54) is 6.07 Å². The van der Waals surface area contributed by atoms with Crippen LogP contribution in [0.4, 0.5) is 5.69 Å². The number of hydrogen-bond donors (Lipinski definition) is 1. The van der Waals surface area contributed by atoms with Crippen molar-refractivity contribution in [2.45, 2.75) is 13.5 Å². The van der Waals surface area contributed by atoms with Crippen molar-refractivity contribution in [1.82, 2.24) is 15.1 Å². The minimum atomic E-state index is -0.483. The monoisotopic (exact) mass is 412 g/mol. The summed E-state index contributed by atoms with van der Waals surface area (Å²) in [7, 11) is 0. The second kappa shape index (κ2) is 8.62. The Kier molecular flexibility index (Phi) is 5.57. The molecule has 0 aliphatic heterocycles. The van der Waals surface area contributed by atoms with Crippen LogP contribution in [0.25, 0.3) is 16.9 Å². The molecule has 1 heterocycles. The molecule has 0 unspecified atom stereocenters. The number of carbonyl (C=O) groups is 1. The van der Waals surface area contributed by atoms with E-state index in [1.807, 2.05) is 66.9 Å². The first-order valence-electron chi connectivity index (χ1n) is 9.75. The van der Waals surface area contributed by atoms with Crippen LogP contribution >= 0.6 is 0 Å². The Labute approximate surface area is 179 Å². The van der Waals surface area contributed by atoms with E-state index in [0.717, 1.165) is 22.5 Å². The molecular weight excluding hydrogens is 392 g/mol. The number of aromatic nitrogens is 2. The minimum absolute atomic E-state index is 0.0745. The molecule has 0 aliphatic carbocycles. The highest BCUT2D eigenvalue weighted by atomic mass is 16.6. The van der Waals surface area contributed by atoms with Crippen molar-refractivity contribution in [1.29, 1.82) is 0 Å². The number of nitro benzene ring substituents is 1. The summed E-state index contributed by atoms with van der Waals surface area (Å²) in [4.78, 5) is 23.4. The van der Waals surface area contributed by atoms with Crippen LogP contribution in [0.2, 0.25) is 0 Å². The van der Waals surface area contributed by atoms with E-state index < -0.39 is 4.92 Å². The van der Waals surface area contributed by atoms with E-state index in [2.05, 4.69) is 5.32 Å². The van der Waals surface area contributed by atoms with Gasteiger partial charge in [0.1, 0.15) is 0 Å². The number of amides is 1. The molecule has 1 aromatic heterocycles. The van der Waals surface area contributed by atoms with Gasteiger partial charge in [0.05, 0.1) is 16.3 Å². The standard InChI is InChI=1S/C24H20N4O3/c1-17-12-13-19(14-22(17)28(30)31)24(29)25-15-20-16-27(21-10-6-3-7-11-21)26-23(20)18-8-4-2-5-9-18/h2-14,16H,15H2,1H3,(H,25,29). The van der Waals surface area contributed by atoms with Crippen LogP contribution < -0.4 is 5.32 Å². The molecule has 0 aliphatic rings. The van der Waals surface area contributed by atoms with Gasteiger partial charge in [0, 0.05) is 41.1 Å². The average Bonchev–Trinajstić information content (AvgIpc) is 3.23. The summed E-state index contributed by atoms with van der Waals surface area (Å²) in [6.07, 6.45) is 1.88. The third kappa shape index (κ3) is 4.35. The van der Waals surface area contributed by atoms with Gasteiger partial charge in [-0.2, -0.15) is 5.10 Å². The van der Waals surface area contributed by atoms with E-state index in [0.29, 0.717) is 5.56 Å². The van der Waals surface area contributed by atoms with Gasteiger partial charge in [-0.3, -0.25) is 14.9 Å². The van der Waals surface area contributed by atoms with Crippen molar-refractivity contribution in [3.63, 3.8) is 0 Å². The number of hydrogen-bond acceptors (Lipinski definition) is 4. The average molecular weight is 412 g/mol. The number of nitrogens with zero attached hydrogens (tertiary/aromatic N) is 3. The Hall–Kier alpha value is -4.26. The number of carbonyl (C=O) groups excluding carboxylic acids is 1. The molecule has 7 nitrogen and oxygen atoms in total. The summed E-state index contributed by atoms with van der Waals surface area (Å²) >= 11 is 0. The lowest BCUT2D eigenvalue weighted by Crippen LogP contribution is -2.23. The highest BCUT2D eigenvalue weighted by molar-refractivity contribution is 5.95. The second-order valence-electron chi connectivity index (χ2n) is 7.09. The number of nitrogens with one attached hydrogen (secondary N) is 1. The first kappa shape index (κ1) is 20.0. The van der Waals surface area contributed by atoms with Crippen LogP contribution in [0.15, 0.2) is 85.1 Å². The Morgan fingerprint density at radius 1 is 1.03 bits per heavy atom. The molecule has 31 heavy (non-hydrogen) atoms. The summed E-state index contributed by atoms with van der Waals surface area (Å²) < 4.78 is 1.78. The molecule has 0 spiro atoms. The van der Waals surface area contributed by atoms with Crippen LogP contribution in [-0.4, -0.2) is 20.6 Å². The van der Waals surface area contributed by atoms with Crippen molar-refractivity contribution in [3.05, 3.63) is 112 Å². The molecule has 0 saturated carbocycles. The fraction of sp³-hybridized carbons (Fsp3) is 0.0833. The zero-order valence-corrected chi connectivity index (χ0v) is 16.9. The van der Waals surface area contributed by atoms with E-state index in [9.17, 15) is 14.9 Å². The maximum absolute atomic E-state index is 12.7. The molecule has 0 atom stereocenters. The van der Waals surface area contributed by atoms with Crippen LogP contribution in [-0.2, 0) is 6.54 Å². The molecule has 154 valence electrons. The molecule has 0 fully saturated rings. The number of aryl methyl sites for hydroxylation is 1. The van der Waals surface area contributed by atoms with Gasteiger partial charge in [-0.1, -0.05) is 54.6 Å². The van der Waals surface area contributed by atoms with Crippen LogP contribution in [0.3, 0.4) is 0 Å². The molecule has 1 N–H and O–H groups in total. The summed E-state index contributed by atoms with van der Waals surface area (Å²) in [5.41, 5.74) is 4.13. The molecule has 1 amide bonds. The lowest BCUT2D eigenvalue weighted by atomic mass is 10.1. The first-order chi connectivity index (χ1) is 15.0. The maximum Gasteiger partial charge on any atom is 0.273 e. The van der Waals surface area contributed by atoms with Crippen molar-refractivity contribution in [3.8, 4) is 16.9 Å². The van der Waals surface area contributed by atoms with Crippen molar-refractivity contribution < 1.29 is 9.72 Å². The van der Waals surface area contributed by atoms with E-state index in [4.69, 9.17) is 5.10 Å². The van der Waals surface area contributed by atoms with Crippen LogP contribution in [0.5, 0.6) is 0 Å². The molecule has 4 aromatic rings. The molecule has 0 saturated heterocycles. The van der Waals surface area contributed by atoms with Crippen molar-refractivity contribution >= 4 is 11.6 Å². The topological polar surface area (TPSA) is 90.1 Å². The number of rotatable bonds is 6. The molecule has 4 rings (SSSR count). The summed E-state index contributed by atoms with van der Waals surface area (Å²) in [6, 6.07) is 23.9. The smallest absolute Gasteiger partial charge is 0.273 e. The van der Waals surface area contributed by atoms with Gasteiger partial charge in [0.25, 0.3) is 11.6 Å². The molecule has 0 bridgehead atoms. The number of para-hydroxylation sites is 1. The Balaban J connectivity index is 1.62. The largest absolute Gasteiger partial charge is 0.348 e. The van der Waals surface area contributed by atoms with Crippen molar-refractivity contribution in [2.75, 3.05) is 0 Å². The number of benzene rings is 3. The van der Waals surface area contributed by atoms with Crippen LogP contribution in [0, 0.1) is 17.0 Å². The van der Waals surface area contributed by atoms with Crippen molar-refractivity contribution in [2.24, 2.45) is 0 Å². The van der Waals surface area contributed by atoms with Gasteiger partial charge in [-0.05, 0) is 25.1 Å². The third-order valence-corrected chi connectivity index (χ3v) is 4.97. The van der Waals surface area contributed by atoms with E-state index in [-0.39, 0.29) is 23.7 Å². The highest BCUT2D eigenvalue weighted by Gasteiger charge is 2.17. The molecular formula is C24H20N4O3. The third-order valence-electron chi connectivity index (χ3n) is 4.97. The lowest BCUT2D eigenvalue weighted by molar-refractivity contribution is -0.385. The summed E-state index contributed by atoms with van der Waals surface area (Å²) in [5.74, 6) is -0.380. The Morgan fingerprint density at radius 2 is 1.71 bits per heavy atom.